The van der Waals surface area contributed by atoms with Crippen LogP contribution in [-0.2, 0) is 0 Å². The van der Waals surface area contributed by atoms with Crippen molar-refractivity contribution in [1.29, 1.82) is 0 Å². The summed E-state index contributed by atoms with van der Waals surface area (Å²) in [5, 5.41) is 12.0. The van der Waals surface area contributed by atoms with Crippen LogP contribution in [0.1, 0.15) is 0 Å². The van der Waals surface area contributed by atoms with Crippen LogP contribution in [0.4, 0.5) is 18.0 Å². The molecule has 0 saturated heterocycles. The van der Waals surface area contributed by atoms with Crippen LogP contribution in [0.5, 0.6) is 5.75 Å². The molecule has 0 aliphatic carbocycles. The Morgan fingerprint density at radius 1 is 1.21 bits per heavy atom. The van der Waals surface area contributed by atoms with Gasteiger partial charge < -0.3 is 14.6 Å². The SMILES string of the molecule is O=C([O-])n1c(-c2cccc(OC(F)(F)F)c2)cc2ccc(Cl)nc21. The molecule has 124 valence electrons. The highest BCUT2D eigenvalue weighted by atomic mass is 35.5. The average molecular weight is 356 g/mol. The fourth-order valence-electron chi connectivity index (χ4n) is 2.30. The predicted molar refractivity (Wildman–Crippen MR) is 77.7 cm³/mol. The van der Waals surface area contributed by atoms with E-state index in [-0.39, 0.29) is 22.1 Å². The van der Waals surface area contributed by atoms with Crippen molar-refractivity contribution >= 4 is 28.7 Å². The van der Waals surface area contributed by atoms with Gasteiger partial charge in [0.2, 0.25) is 0 Å². The number of aromatic nitrogens is 2. The number of hydrogen-bond donors (Lipinski definition) is 0. The van der Waals surface area contributed by atoms with E-state index < -0.39 is 18.2 Å². The summed E-state index contributed by atoms with van der Waals surface area (Å²) in [5.41, 5.74) is 0.308. The number of rotatable bonds is 2. The number of carbonyl (C=O) groups excluding carboxylic acids is 1. The summed E-state index contributed by atoms with van der Waals surface area (Å²) in [6, 6.07) is 9.41. The van der Waals surface area contributed by atoms with Crippen LogP contribution in [0.3, 0.4) is 0 Å². The molecule has 0 spiro atoms. The van der Waals surface area contributed by atoms with E-state index in [0.717, 1.165) is 16.7 Å². The molecule has 0 N–H and O–H groups in total. The van der Waals surface area contributed by atoms with Gasteiger partial charge in [-0.1, -0.05) is 23.7 Å². The molecule has 24 heavy (non-hydrogen) atoms. The van der Waals surface area contributed by atoms with Crippen LogP contribution in [-0.4, -0.2) is 22.0 Å². The molecular weight excluding hydrogens is 349 g/mol. The number of benzene rings is 1. The molecule has 2 heterocycles. The Morgan fingerprint density at radius 2 is 1.96 bits per heavy atom. The topological polar surface area (TPSA) is 67.2 Å². The van der Waals surface area contributed by atoms with E-state index in [1.807, 2.05) is 0 Å². The van der Waals surface area contributed by atoms with E-state index in [1.54, 1.807) is 6.07 Å². The minimum absolute atomic E-state index is 0.0274. The van der Waals surface area contributed by atoms with Crippen molar-refractivity contribution in [2.24, 2.45) is 0 Å². The fraction of sp³-hybridized carbons (Fsp3) is 0.0667. The number of pyridine rings is 1. The lowest BCUT2D eigenvalue weighted by Crippen LogP contribution is -2.29. The third-order valence-electron chi connectivity index (χ3n) is 3.16. The maximum Gasteiger partial charge on any atom is 0.573 e. The Bertz CT molecular complexity index is 937. The molecule has 1 aromatic carbocycles. The van der Waals surface area contributed by atoms with Gasteiger partial charge in [0.05, 0.1) is 5.69 Å². The van der Waals surface area contributed by atoms with Gasteiger partial charge in [-0.15, -0.1) is 13.2 Å². The molecule has 0 amide bonds. The van der Waals surface area contributed by atoms with Gasteiger partial charge in [-0.05, 0) is 30.3 Å². The molecule has 0 bridgehead atoms. The van der Waals surface area contributed by atoms with Gasteiger partial charge >= 0.3 is 6.36 Å². The summed E-state index contributed by atoms with van der Waals surface area (Å²) in [5.74, 6) is -0.471. The Morgan fingerprint density at radius 3 is 2.62 bits per heavy atom. The van der Waals surface area contributed by atoms with Gasteiger partial charge in [0.25, 0.3) is 0 Å². The van der Waals surface area contributed by atoms with Crippen LogP contribution in [0.2, 0.25) is 5.15 Å². The monoisotopic (exact) mass is 355 g/mol. The quantitative estimate of drug-likeness (QED) is 0.660. The normalized spacial score (nSPS) is 11.7. The zero-order valence-corrected chi connectivity index (χ0v) is 12.4. The second-order valence-corrected chi connectivity index (χ2v) is 5.14. The summed E-state index contributed by atoms with van der Waals surface area (Å²) in [7, 11) is 0. The summed E-state index contributed by atoms with van der Waals surface area (Å²) in [6.45, 7) is 0. The number of alkyl halides is 3. The van der Waals surface area contributed by atoms with E-state index in [1.165, 1.54) is 24.3 Å². The summed E-state index contributed by atoms with van der Waals surface area (Å²) >= 11 is 5.77. The summed E-state index contributed by atoms with van der Waals surface area (Å²) in [4.78, 5) is 15.4. The van der Waals surface area contributed by atoms with E-state index in [0.29, 0.717) is 5.39 Å². The molecule has 0 aliphatic heterocycles. The highest BCUT2D eigenvalue weighted by Crippen LogP contribution is 2.31. The largest absolute Gasteiger partial charge is 0.573 e. The number of hydrogen-bond acceptors (Lipinski definition) is 4. The highest BCUT2D eigenvalue weighted by molar-refractivity contribution is 6.29. The lowest BCUT2D eigenvalue weighted by atomic mass is 10.1. The lowest BCUT2D eigenvalue weighted by molar-refractivity contribution is -0.274. The number of carbonyl (C=O) groups is 1. The second kappa shape index (κ2) is 5.72. The third kappa shape index (κ3) is 3.13. The highest BCUT2D eigenvalue weighted by Gasteiger charge is 2.31. The van der Waals surface area contributed by atoms with Crippen molar-refractivity contribution in [3.63, 3.8) is 0 Å². The Labute approximate surface area is 137 Å². The van der Waals surface area contributed by atoms with Crippen molar-refractivity contribution in [1.82, 2.24) is 9.55 Å². The van der Waals surface area contributed by atoms with Gasteiger partial charge in [-0.25, -0.2) is 4.98 Å². The molecule has 0 atom stereocenters. The first kappa shape index (κ1) is 16.1. The van der Waals surface area contributed by atoms with Crippen molar-refractivity contribution in [2.75, 3.05) is 0 Å². The second-order valence-electron chi connectivity index (χ2n) is 4.75. The maximum absolute atomic E-state index is 12.3. The van der Waals surface area contributed by atoms with Gasteiger partial charge in [0.1, 0.15) is 22.6 Å². The Hall–Kier alpha value is -2.74. The standard InChI is InChI=1S/C15H8ClF3N2O3/c16-12-5-4-9-7-11(21(14(22)23)13(9)20-12)8-2-1-3-10(6-8)24-15(17,18)19/h1-7H,(H,22,23)/p-1. The zero-order chi connectivity index (χ0) is 17.5. The minimum Gasteiger partial charge on any atom is -0.529 e. The molecule has 0 radical (unpaired) electrons. The summed E-state index contributed by atoms with van der Waals surface area (Å²) < 4.78 is 41.6. The molecular formula is C15H7ClF3N2O3-. The van der Waals surface area contributed by atoms with Crippen LogP contribution in [0.25, 0.3) is 22.3 Å². The molecule has 3 aromatic rings. The average Bonchev–Trinajstić information content (AvgIpc) is 2.84. The number of nitrogens with zero attached hydrogens (tertiary/aromatic N) is 2. The fourth-order valence-corrected chi connectivity index (χ4v) is 2.45. The number of halogens is 4. The van der Waals surface area contributed by atoms with Gasteiger partial charge in [-0.3, -0.25) is 4.57 Å². The number of fused-ring (bicyclic) bond motifs is 1. The van der Waals surface area contributed by atoms with E-state index in [2.05, 4.69) is 9.72 Å². The van der Waals surface area contributed by atoms with Gasteiger partial charge in [0.15, 0.2) is 0 Å². The van der Waals surface area contributed by atoms with Crippen molar-refractivity contribution in [3.8, 4) is 17.0 Å². The summed E-state index contributed by atoms with van der Waals surface area (Å²) in [6.07, 6.45) is -6.44. The molecule has 0 unspecified atom stereocenters. The van der Waals surface area contributed by atoms with E-state index in [9.17, 15) is 23.1 Å². The van der Waals surface area contributed by atoms with Crippen LogP contribution >= 0.6 is 11.6 Å². The van der Waals surface area contributed by atoms with Gasteiger partial charge in [0, 0.05) is 10.9 Å². The maximum atomic E-state index is 12.3. The zero-order valence-electron chi connectivity index (χ0n) is 11.7. The third-order valence-corrected chi connectivity index (χ3v) is 3.37. The smallest absolute Gasteiger partial charge is 0.529 e. The first-order valence-corrected chi connectivity index (χ1v) is 6.88. The Balaban J connectivity index is 2.17. The number of carboxylic acid groups (broad SMARTS) is 1. The lowest BCUT2D eigenvalue weighted by Gasteiger charge is -2.13. The van der Waals surface area contributed by atoms with Gasteiger partial charge in [-0.2, -0.15) is 0 Å². The van der Waals surface area contributed by atoms with Crippen molar-refractivity contribution in [2.45, 2.75) is 6.36 Å². The van der Waals surface area contributed by atoms with Crippen molar-refractivity contribution < 1.29 is 27.8 Å². The molecule has 0 fully saturated rings. The van der Waals surface area contributed by atoms with Crippen LogP contribution in [0.15, 0.2) is 42.5 Å². The Kier molecular flexibility index (Phi) is 3.84. The minimum atomic E-state index is -4.85. The first-order valence-electron chi connectivity index (χ1n) is 6.50. The number of ether oxygens (including phenoxy) is 1. The van der Waals surface area contributed by atoms with Crippen LogP contribution < -0.4 is 9.84 Å². The van der Waals surface area contributed by atoms with Crippen molar-refractivity contribution in [3.05, 3.63) is 47.6 Å². The predicted octanol–water partition coefficient (Wildman–Crippen LogP) is 3.45. The first-order chi connectivity index (χ1) is 11.2. The molecule has 0 saturated carbocycles. The van der Waals surface area contributed by atoms with E-state index in [4.69, 9.17) is 11.6 Å². The van der Waals surface area contributed by atoms with E-state index >= 15 is 0 Å². The molecule has 9 heteroatoms. The molecule has 5 nitrogen and oxygen atoms in total. The molecule has 2 aromatic heterocycles. The van der Waals surface area contributed by atoms with Crippen LogP contribution in [0, 0.1) is 0 Å². The molecule has 0 aliphatic rings. The molecule has 3 rings (SSSR count).